The maximum absolute atomic E-state index is 11.5. The van der Waals surface area contributed by atoms with Crippen molar-refractivity contribution in [2.75, 3.05) is 6.54 Å². The van der Waals surface area contributed by atoms with Crippen molar-refractivity contribution in [2.24, 2.45) is 0 Å². The van der Waals surface area contributed by atoms with Gasteiger partial charge in [0, 0.05) is 22.2 Å². The van der Waals surface area contributed by atoms with Crippen LogP contribution >= 0.6 is 34.8 Å². The van der Waals surface area contributed by atoms with Crippen LogP contribution < -0.4 is 5.32 Å². The van der Waals surface area contributed by atoms with Crippen molar-refractivity contribution < 1.29 is 4.79 Å². The molecule has 1 amide bonds. The van der Waals surface area contributed by atoms with Crippen LogP contribution in [0.5, 0.6) is 0 Å². The van der Waals surface area contributed by atoms with Gasteiger partial charge in [0.05, 0.1) is 0 Å². The van der Waals surface area contributed by atoms with Gasteiger partial charge in [-0.2, -0.15) is 0 Å². The predicted molar refractivity (Wildman–Crippen MR) is 63.7 cm³/mol. The molecule has 0 aliphatic rings. The van der Waals surface area contributed by atoms with Gasteiger partial charge in [0.2, 0.25) is 5.91 Å². The zero-order valence-corrected chi connectivity index (χ0v) is 10.3. The van der Waals surface area contributed by atoms with E-state index in [0.29, 0.717) is 22.2 Å². The van der Waals surface area contributed by atoms with E-state index in [0.717, 1.165) is 0 Å². The summed E-state index contributed by atoms with van der Waals surface area (Å²) in [5.41, 5.74) is 0.452. The van der Waals surface area contributed by atoms with Crippen molar-refractivity contribution in [2.45, 2.75) is 12.3 Å². The number of carbonyl (C=O) groups excluding carboxylic acids is 1. The van der Waals surface area contributed by atoms with E-state index in [1.807, 2.05) is 6.92 Å². The van der Waals surface area contributed by atoms with Gasteiger partial charge in [-0.05, 0) is 19.1 Å². The van der Waals surface area contributed by atoms with Crippen LogP contribution in [0.2, 0.25) is 10.0 Å². The van der Waals surface area contributed by atoms with Crippen LogP contribution in [-0.2, 0) is 4.79 Å². The van der Waals surface area contributed by atoms with Crippen LogP contribution in [0.25, 0.3) is 0 Å². The standard InChI is InChI=1S/C10H10Cl3NO/c1-2-14-10(15)9(13)8-6(11)4-3-5-7(8)12/h3-5,9H,2H2,1H3,(H,14,15). The molecule has 1 atom stereocenters. The summed E-state index contributed by atoms with van der Waals surface area (Å²) in [5, 5.41) is 2.55. The first kappa shape index (κ1) is 12.6. The normalized spacial score (nSPS) is 12.3. The molecule has 82 valence electrons. The smallest absolute Gasteiger partial charge is 0.242 e. The topological polar surface area (TPSA) is 29.1 Å². The molecule has 0 radical (unpaired) electrons. The van der Waals surface area contributed by atoms with E-state index < -0.39 is 5.38 Å². The Balaban J connectivity index is 3.00. The van der Waals surface area contributed by atoms with Crippen molar-refractivity contribution in [1.29, 1.82) is 0 Å². The molecule has 0 bridgehead atoms. The van der Waals surface area contributed by atoms with Gasteiger partial charge in [0.15, 0.2) is 0 Å². The molecule has 1 unspecified atom stereocenters. The molecule has 1 aromatic rings. The van der Waals surface area contributed by atoms with Gasteiger partial charge in [-0.1, -0.05) is 29.3 Å². The van der Waals surface area contributed by atoms with Crippen molar-refractivity contribution in [1.82, 2.24) is 5.32 Å². The third-order valence-electron chi connectivity index (χ3n) is 1.83. The summed E-state index contributed by atoms with van der Waals surface area (Å²) in [6.07, 6.45) is 0. The summed E-state index contributed by atoms with van der Waals surface area (Å²) in [7, 11) is 0. The second-order valence-electron chi connectivity index (χ2n) is 2.89. The van der Waals surface area contributed by atoms with Crippen LogP contribution in [0, 0.1) is 0 Å². The van der Waals surface area contributed by atoms with Crippen LogP contribution in [0.15, 0.2) is 18.2 Å². The Hall–Kier alpha value is -0.440. The maximum atomic E-state index is 11.5. The highest BCUT2D eigenvalue weighted by atomic mass is 35.5. The Morgan fingerprint density at radius 3 is 2.40 bits per heavy atom. The zero-order valence-electron chi connectivity index (χ0n) is 8.06. The minimum Gasteiger partial charge on any atom is -0.355 e. The number of halogens is 3. The van der Waals surface area contributed by atoms with Gasteiger partial charge >= 0.3 is 0 Å². The van der Waals surface area contributed by atoms with E-state index in [2.05, 4.69) is 5.32 Å². The van der Waals surface area contributed by atoms with E-state index >= 15 is 0 Å². The van der Waals surface area contributed by atoms with Gasteiger partial charge < -0.3 is 5.32 Å². The fourth-order valence-corrected chi connectivity index (χ4v) is 2.19. The van der Waals surface area contributed by atoms with Gasteiger partial charge in [-0.25, -0.2) is 0 Å². The number of amides is 1. The number of benzene rings is 1. The molecule has 2 nitrogen and oxygen atoms in total. The summed E-state index contributed by atoms with van der Waals surface area (Å²) in [6, 6.07) is 5.00. The molecule has 1 N–H and O–H groups in total. The van der Waals surface area contributed by atoms with E-state index in [1.165, 1.54) is 0 Å². The van der Waals surface area contributed by atoms with Gasteiger partial charge in [-0.15, -0.1) is 11.6 Å². The Morgan fingerprint density at radius 2 is 1.93 bits per heavy atom. The first-order valence-corrected chi connectivity index (χ1v) is 5.62. The van der Waals surface area contributed by atoms with Gasteiger partial charge in [0.1, 0.15) is 5.38 Å². The number of rotatable bonds is 3. The van der Waals surface area contributed by atoms with E-state index in [4.69, 9.17) is 34.8 Å². The summed E-state index contributed by atoms with van der Waals surface area (Å²) >= 11 is 17.8. The van der Waals surface area contributed by atoms with Gasteiger partial charge in [0.25, 0.3) is 0 Å². The zero-order chi connectivity index (χ0) is 11.4. The van der Waals surface area contributed by atoms with E-state index in [-0.39, 0.29) is 5.91 Å². The van der Waals surface area contributed by atoms with Crippen LogP contribution in [0.3, 0.4) is 0 Å². The molecule has 5 heteroatoms. The Kier molecular flexibility index (Phi) is 4.71. The molecule has 1 aromatic carbocycles. The van der Waals surface area contributed by atoms with Crippen LogP contribution in [0.4, 0.5) is 0 Å². The van der Waals surface area contributed by atoms with E-state index in [9.17, 15) is 4.79 Å². The summed E-state index contributed by atoms with van der Waals surface area (Å²) in [4.78, 5) is 11.5. The first-order valence-electron chi connectivity index (χ1n) is 4.43. The molecule has 0 saturated heterocycles. The number of carbonyl (C=O) groups is 1. The minimum atomic E-state index is -0.855. The molecular formula is C10H10Cl3NO. The van der Waals surface area contributed by atoms with Crippen molar-refractivity contribution >= 4 is 40.7 Å². The fraction of sp³-hybridized carbons (Fsp3) is 0.300. The maximum Gasteiger partial charge on any atom is 0.242 e. The monoisotopic (exact) mass is 265 g/mol. The predicted octanol–water partition coefficient (Wildman–Crippen LogP) is 3.41. The average molecular weight is 267 g/mol. The quantitative estimate of drug-likeness (QED) is 0.835. The number of hydrogen-bond acceptors (Lipinski definition) is 1. The third-order valence-corrected chi connectivity index (χ3v) is 2.91. The van der Waals surface area contributed by atoms with Gasteiger partial charge in [-0.3, -0.25) is 4.79 Å². The molecule has 0 spiro atoms. The third kappa shape index (κ3) is 3.00. The Labute approximate surface area is 104 Å². The lowest BCUT2D eigenvalue weighted by Crippen LogP contribution is -2.26. The lowest BCUT2D eigenvalue weighted by atomic mass is 10.1. The van der Waals surface area contributed by atoms with E-state index in [1.54, 1.807) is 18.2 Å². The molecule has 0 aromatic heterocycles. The molecule has 0 fully saturated rings. The van der Waals surface area contributed by atoms with Crippen molar-refractivity contribution in [3.63, 3.8) is 0 Å². The molecule has 0 aliphatic carbocycles. The molecule has 1 rings (SSSR count). The number of likely N-dealkylation sites (N-methyl/N-ethyl adjacent to an activating group) is 1. The van der Waals surface area contributed by atoms with Crippen molar-refractivity contribution in [3.8, 4) is 0 Å². The summed E-state index contributed by atoms with van der Waals surface area (Å²) in [6.45, 7) is 2.33. The number of nitrogens with one attached hydrogen (secondary N) is 1. The molecular weight excluding hydrogens is 256 g/mol. The van der Waals surface area contributed by atoms with Crippen LogP contribution in [0.1, 0.15) is 17.9 Å². The lowest BCUT2D eigenvalue weighted by Gasteiger charge is -2.12. The first-order chi connectivity index (χ1) is 7.07. The second kappa shape index (κ2) is 5.59. The highest BCUT2D eigenvalue weighted by molar-refractivity contribution is 6.40. The Morgan fingerprint density at radius 1 is 1.40 bits per heavy atom. The summed E-state index contributed by atoms with van der Waals surface area (Å²) < 4.78 is 0. The van der Waals surface area contributed by atoms with Crippen molar-refractivity contribution in [3.05, 3.63) is 33.8 Å². The fourth-order valence-electron chi connectivity index (χ4n) is 1.15. The molecule has 0 saturated carbocycles. The minimum absolute atomic E-state index is 0.297. The molecule has 0 aliphatic heterocycles. The lowest BCUT2D eigenvalue weighted by molar-refractivity contribution is -0.120. The SMILES string of the molecule is CCNC(=O)C(Cl)c1c(Cl)cccc1Cl. The molecule has 15 heavy (non-hydrogen) atoms. The summed E-state index contributed by atoms with van der Waals surface area (Å²) in [5.74, 6) is -0.297. The number of hydrogen-bond donors (Lipinski definition) is 1. The number of alkyl halides is 1. The second-order valence-corrected chi connectivity index (χ2v) is 4.14. The highest BCUT2D eigenvalue weighted by Gasteiger charge is 2.22. The Bertz CT molecular complexity index is 347. The van der Waals surface area contributed by atoms with Crippen LogP contribution in [-0.4, -0.2) is 12.5 Å². The molecule has 0 heterocycles. The largest absolute Gasteiger partial charge is 0.355 e. The average Bonchev–Trinajstić information content (AvgIpc) is 2.17. The highest BCUT2D eigenvalue weighted by Crippen LogP contribution is 2.33.